The fraction of sp³-hybridized carbons (Fsp3) is 0.136. The number of methoxy groups -OCH3 is 1. The van der Waals surface area contributed by atoms with Crippen molar-refractivity contribution >= 4 is 41.0 Å². The van der Waals surface area contributed by atoms with E-state index in [4.69, 9.17) is 20.8 Å². The summed E-state index contributed by atoms with van der Waals surface area (Å²) >= 11 is 6.07. The Morgan fingerprint density at radius 3 is 2.57 bits per heavy atom. The number of furan rings is 1. The van der Waals surface area contributed by atoms with Crippen LogP contribution in [0.4, 0.5) is 11.4 Å². The van der Waals surface area contributed by atoms with Crippen LogP contribution in [0.5, 0.6) is 5.75 Å². The van der Waals surface area contributed by atoms with Crippen molar-refractivity contribution in [2.45, 2.75) is 13.5 Å². The fourth-order valence-electron chi connectivity index (χ4n) is 2.51. The van der Waals surface area contributed by atoms with E-state index in [9.17, 15) is 9.59 Å². The molecule has 2 N–H and O–H groups in total. The Morgan fingerprint density at radius 2 is 1.87 bits per heavy atom. The second-order valence-corrected chi connectivity index (χ2v) is 6.79. The minimum absolute atomic E-state index is 0.0718. The molecule has 3 rings (SSSR count). The molecule has 3 aromatic rings. The molecule has 0 saturated heterocycles. The Morgan fingerprint density at radius 1 is 1.10 bits per heavy atom. The molecular weight excluding hydrogens is 406 g/mol. The van der Waals surface area contributed by atoms with Crippen molar-refractivity contribution in [1.29, 1.82) is 0 Å². The molecule has 2 amide bonds. The Bertz CT molecular complexity index is 1070. The average molecular weight is 426 g/mol. The van der Waals surface area contributed by atoms with Gasteiger partial charge in [-0.05, 0) is 49.4 Å². The summed E-state index contributed by atoms with van der Waals surface area (Å²) in [4.78, 5) is 28.2. The number of amides is 2. The summed E-state index contributed by atoms with van der Waals surface area (Å²) in [7, 11) is 1.54. The SMILES string of the molecule is COc1ccc(N=Cc2ccc(CNC(=O)C(=O)Nc3ccc(C)cc3)o2)cc1Cl. The van der Waals surface area contributed by atoms with Gasteiger partial charge < -0.3 is 19.8 Å². The van der Waals surface area contributed by atoms with Crippen LogP contribution < -0.4 is 15.4 Å². The molecule has 8 heteroatoms. The zero-order chi connectivity index (χ0) is 21.5. The number of carbonyl (C=O) groups is 2. The Balaban J connectivity index is 1.52. The molecule has 0 spiro atoms. The molecule has 0 aliphatic heterocycles. The van der Waals surface area contributed by atoms with Crippen LogP contribution in [-0.2, 0) is 16.1 Å². The number of ether oxygens (including phenoxy) is 1. The summed E-state index contributed by atoms with van der Waals surface area (Å²) in [6.07, 6.45) is 1.54. The lowest BCUT2D eigenvalue weighted by Gasteiger charge is -2.05. The first-order valence-electron chi connectivity index (χ1n) is 9.07. The molecule has 0 aliphatic rings. The Kier molecular flexibility index (Phi) is 6.87. The molecule has 1 heterocycles. The predicted octanol–water partition coefficient (Wildman–Crippen LogP) is 4.26. The summed E-state index contributed by atoms with van der Waals surface area (Å²) < 4.78 is 10.7. The number of hydrogen-bond donors (Lipinski definition) is 2. The van der Waals surface area contributed by atoms with Gasteiger partial charge in [0, 0.05) is 5.69 Å². The summed E-state index contributed by atoms with van der Waals surface area (Å²) in [5.41, 5.74) is 2.25. The first-order valence-corrected chi connectivity index (χ1v) is 9.44. The summed E-state index contributed by atoms with van der Waals surface area (Å²) in [6.45, 7) is 2.01. The molecule has 2 aromatic carbocycles. The number of benzene rings is 2. The molecule has 0 atom stereocenters. The van der Waals surface area contributed by atoms with Crippen LogP contribution in [0, 0.1) is 6.92 Å². The highest BCUT2D eigenvalue weighted by Crippen LogP contribution is 2.28. The monoisotopic (exact) mass is 425 g/mol. The zero-order valence-electron chi connectivity index (χ0n) is 16.4. The van der Waals surface area contributed by atoms with Gasteiger partial charge in [0.1, 0.15) is 17.3 Å². The quantitative estimate of drug-likeness (QED) is 0.456. The maximum absolute atomic E-state index is 12.0. The minimum Gasteiger partial charge on any atom is -0.495 e. The van der Waals surface area contributed by atoms with Gasteiger partial charge in [0.05, 0.1) is 30.6 Å². The fourth-order valence-corrected chi connectivity index (χ4v) is 2.76. The van der Waals surface area contributed by atoms with Crippen molar-refractivity contribution < 1.29 is 18.7 Å². The van der Waals surface area contributed by atoms with Crippen LogP contribution in [0.1, 0.15) is 17.1 Å². The summed E-state index contributed by atoms with van der Waals surface area (Å²) in [6, 6.07) is 15.7. The second-order valence-electron chi connectivity index (χ2n) is 6.38. The van der Waals surface area contributed by atoms with E-state index in [1.165, 1.54) is 6.21 Å². The first-order chi connectivity index (χ1) is 14.4. The molecule has 0 saturated carbocycles. The van der Waals surface area contributed by atoms with Crippen LogP contribution in [0.25, 0.3) is 0 Å². The molecule has 0 radical (unpaired) electrons. The first kappa shape index (κ1) is 21.1. The van der Waals surface area contributed by atoms with E-state index in [1.54, 1.807) is 49.6 Å². The van der Waals surface area contributed by atoms with Crippen LogP contribution >= 0.6 is 11.6 Å². The van der Waals surface area contributed by atoms with Crippen molar-refractivity contribution in [3.63, 3.8) is 0 Å². The van der Waals surface area contributed by atoms with Crippen molar-refractivity contribution in [2.75, 3.05) is 12.4 Å². The van der Waals surface area contributed by atoms with Gasteiger partial charge in [-0.3, -0.25) is 14.6 Å². The van der Waals surface area contributed by atoms with Crippen molar-refractivity contribution in [3.05, 3.63) is 76.7 Å². The van der Waals surface area contributed by atoms with Gasteiger partial charge in [-0.15, -0.1) is 0 Å². The van der Waals surface area contributed by atoms with Crippen LogP contribution in [0.2, 0.25) is 5.02 Å². The van der Waals surface area contributed by atoms with Gasteiger partial charge in [0.2, 0.25) is 0 Å². The predicted molar refractivity (Wildman–Crippen MR) is 116 cm³/mol. The number of aryl methyl sites for hydroxylation is 1. The molecular formula is C22H20ClN3O4. The number of nitrogens with zero attached hydrogens (tertiary/aromatic N) is 1. The molecule has 0 bridgehead atoms. The molecule has 0 fully saturated rings. The minimum atomic E-state index is -0.755. The van der Waals surface area contributed by atoms with E-state index in [1.807, 2.05) is 19.1 Å². The highest BCUT2D eigenvalue weighted by molar-refractivity contribution is 6.39. The van der Waals surface area contributed by atoms with Crippen molar-refractivity contribution in [3.8, 4) is 5.75 Å². The highest BCUT2D eigenvalue weighted by atomic mass is 35.5. The van der Waals surface area contributed by atoms with Crippen LogP contribution in [-0.4, -0.2) is 25.1 Å². The van der Waals surface area contributed by atoms with Crippen LogP contribution in [0.15, 0.2) is 64.0 Å². The number of carbonyl (C=O) groups excluding carboxylic acids is 2. The lowest BCUT2D eigenvalue weighted by atomic mass is 10.2. The van der Waals surface area contributed by atoms with E-state index in [2.05, 4.69) is 15.6 Å². The number of anilines is 1. The molecule has 7 nitrogen and oxygen atoms in total. The average Bonchev–Trinajstić information content (AvgIpc) is 3.20. The van der Waals surface area contributed by atoms with E-state index < -0.39 is 11.8 Å². The van der Waals surface area contributed by atoms with E-state index >= 15 is 0 Å². The number of hydrogen-bond acceptors (Lipinski definition) is 5. The third-order valence-corrected chi connectivity index (χ3v) is 4.39. The van der Waals surface area contributed by atoms with E-state index in [0.717, 1.165) is 5.56 Å². The van der Waals surface area contributed by atoms with Gasteiger partial charge >= 0.3 is 11.8 Å². The van der Waals surface area contributed by atoms with Gasteiger partial charge in [-0.25, -0.2) is 0 Å². The Hall–Kier alpha value is -3.58. The zero-order valence-corrected chi connectivity index (χ0v) is 17.2. The summed E-state index contributed by atoms with van der Waals surface area (Å²) in [5.74, 6) is 0.0488. The van der Waals surface area contributed by atoms with Gasteiger partial charge in [0.15, 0.2) is 0 Å². The largest absolute Gasteiger partial charge is 0.495 e. The summed E-state index contributed by atoms with van der Waals surface area (Å²) in [5, 5.41) is 5.51. The number of aliphatic imine (C=N–C) groups is 1. The number of rotatable bonds is 6. The lowest BCUT2D eigenvalue weighted by molar-refractivity contribution is -0.136. The smallest absolute Gasteiger partial charge is 0.313 e. The molecule has 0 aliphatic carbocycles. The topological polar surface area (TPSA) is 92.9 Å². The normalized spacial score (nSPS) is 10.8. The second kappa shape index (κ2) is 9.76. The third kappa shape index (κ3) is 5.71. The highest BCUT2D eigenvalue weighted by Gasteiger charge is 2.14. The number of nitrogens with one attached hydrogen (secondary N) is 2. The maximum Gasteiger partial charge on any atom is 0.313 e. The molecule has 0 unspecified atom stereocenters. The van der Waals surface area contributed by atoms with Gasteiger partial charge in [-0.2, -0.15) is 0 Å². The molecule has 30 heavy (non-hydrogen) atoms. The van der Waals surface area contributed by atoms with Crippen molar-refractivity contribution in [1.82, 2.24) is 5.32 Å². The van der Waals surface area contributed by atoms with E-state index in [-0.39, 0.29) is 6.54 Å². The standard InChI is InChI=1S/C22H20ClN3O4/c1-14-3-5-15(6-4-14)26-22(28)21(27)25-13-18-9-8-17(30-18)12-24-16-7-10-20(29-2)19(23)11-16/h3-12H,13H2,1-2H3,(H,25,27)(H,26,28). The molecule has 154 valence electrons. The van der Waals surface area contributed by atoms with Crippen molar-refractivity contribution in [2.24, 2.45) is 4.99 Å². The maximum atomic E-state index is 12.0. The number of halogens is 1. The Labute approximate surface area is 178 Å². The van der Waals surface area contributed by atoms with Gasteiger partial charge in [-0.1, -0.05) is 29.3 Å². The van der Waals surface area contributed by atoms with Crippen LogP contribution in [0.3, 0.4) is 0 Å². The lowest BCUT2D eigenvalue weighted by Crippen LogP contribution is -2.34. The van der Waals surface area contributed by atoms with E-state index in [0.29, 0.717) is 33.7 Å². The third-order valence-electron chi connectivity index (χ3n) is 4.10. The molecule has 1 aromatic heterocycles. The van der Waals surface area contributed by atoms with Gasteiger partial charge in [0.25, 0.3) is 0 Å².